The second-order valence-corrected chi connectivity index (χ2v) is 8.72. The average molecular weight is 433 g/mol. The van der Waals surface area contributed by atoms with Crippen LogP contribution in [0.5, 0.6) is 0 Å². The van der Waals surface area contributed by atoms with Crippen LogP contribution in [0.4, 0.5) is 0 Å². The largest absolute Gasteiger partial charge is 0.366 e. The van der Waals surface area contributed by atoms with Crippen LogP contribution in [0.2, 0.25) is 0 Å². The molecule has 0 aliphatic carbocycles. The lowest BCUT2D eigenvalue weighted by molar-refractivity contribution is -0.227. The number of aliphatic hydroxyl groups is 1. The zero-order chi connectivity index (χ0) is 22.2. The van der Waals surface area contributed by atoms with E-state index in [-0.39, 0.29) is 6.61 Å². The van der Waals surface area contributed by atoms with Crippen molar-refractivity contribution < 1.29 is 24.1 Å². The number of ether oxygens (including phenoxy) is 4. The van der Waals surface area contributed by atoms with Crippen molar-refractivity contribution in [2.24, 2.45) is 0 Å². The van der Waals surface area contributed by atoms with Crippen molar-refractivity contribution in [1.29, 1.82) is 0 Å². The van der Waals surface area contributed by atoms with E-state index in [1.165, 1.54) is 0 Å². The predicted molar refractivity (Wildman–Crippen MR) is 120 cm³/mol. The number of benzene rings is 3. The molecule has 5 heteroatoms. The van der Waals surface area contributed by atoms with Crippen LogP contribution in [-0.4, -0.2) is 42.1 Å². The van der Waals surface area contributed by atoms with Gasteiger partial charge in [0.05, 0.1) is 6.61 Å². The molecule has 166 valence electrons. The highest BCUT2D eigenvalue weighted by Gasteiger charge is 2.55. The molecule has 3 aromatic carbocycles. The number of hydrogen-bond acceptors (Lipinski definition) is 5. The third-order valence-electron chi connectivity index (χ3n) is 6.13. The molecule has 2 saturated heterocycles. The molecule has 5 rings (SSSR count). The normalized spacial score (nSPS) is 26.7. The summed E-state index contributed by atoms with van der Waals surface area (Å²) in [6.07, 6.45) is -2.44. The molecular weight excluding hydrogens is 404 g/mol. The maximum Gasteiger partial charge on any atom is 0.184 e. The molecule has 0 aromatic heterocycles. The van der Waals surface area contributed by atoms with Gasteiger partial charge in [0, 0.05) is 0 Å². The van der Waals surface area contributed by atoms with Gasteiger partial charge in [0.1, 0.15) is 23.9 Å². The smallest absolute Gasteiger partial charge is 0.184 e. The summed E-state index contributed by atoms with van der Waals surface area (Å²) < 4.78 is 24.5. The van der Waals surface area contributed by atoms with Crippen molar-refractivity contribution in [3.05, 3.63) is 108 Å². The molecule has 0 unspecified atom stereocenters. The maximum atomic E-state index is 10.4. The van der Waals surface area contributed by atoms with Gasteiger partial charge in [-0.25, -0.2) is 0 Å². The Labute approximate surface area is 188 Å². The van der Waals surface area contributed by atoms with Gasteiger partial charge in [-0.1, -0.05) is 91.0 Å². The van der Waals surface area contributed by atoms with Crippen molar-refractivity contribution in [1.82, 2.24) is 0 Å². The Morgan fingerprint density at radius 2 is 1.19 bits per heavy atom. The molecule has 2 aliphatic heterocycles. The van der Waals surface area contributed by atoms with E-state index < -0.39 is 36.0 Å². The molecule has 0 saturated carbocycles. The first kappa shape index (κ1) is 21.3. The Balaban J connectivity index is 1.55. The Morgan fingerprint density at radius 3 is 1.66 bits per heavy atom. The number of aliphatic hydroxyl groups excluding tert-OH is 1. The van der Waals surface area contributed by atoms with E-state index in [0.717, 1.165) is 16.7 Å². The van der Waals surface area contributed by atoms with Crippen molar-refractivity contribution in [3.63, 3.8) is 0 Å². The molecule has 5 nitrogen and oxygen atoms in total. The molecular formula is C27H28O5. The highest BCUT2D eigenvalue weighted by Crippen LogP contribution is 2.43. The van der Waals surface area contributed by atoms with Crippen LogP contribution in [0.15, 0.2) is 91.0 Å². The fraction of sp³-hybridized carbons (Fsp3) is 0.333. The van der Waals surface area contributed by atoms with Gasteiger partial charge in [0.2, 0.25) is 0 Å². The lowest BCUT2D eigenvalue weighted by Gasteiger charge is -2.37. The standard InChI is InChI=1S/C27H28O5/c1-26(2)31-23-22(30-25(28)24(23)32-26)18-29-27(19-12-6-3-7-13-19,20-14-8-4-9-15-20)21-16-10-5-11-17-21/h3-17,22-25,28H,18H2,1-2H3/t22-,23-,24-,25+/m1/s1. The average Bonchev–Trinajstić information content (AvgIpc) is 3.29. The quantitative estimate of drug-likeness (QED) is 0.591. The van der Waals surface area contributed by atoms with Gasteiger partial charge in [-0.15, -0.1) is 0 Å². The second-order valence-electron chi connectivity index (χ2n) is 8.72. The highest BCUT2D eigenvalue weighted by atomic mass is 16.8. The van der Waals surface area contributed by atoms with E-state index in [9.17, 15) is 5.11 Å². The molecule has 1 N–H and O–H groups in total. The van der Waals surface area contributed by atoms with Gasteiger partial charge < -0.3 is 24.1 Å². The minimum atomic E-state index is -1.05. The minimum absolute atomic E-state index is 0.219. The Hall–Kier alpha value is -2.54. The summed E-state index contributed by atoms with van der Waals surface area (Å²) in [4.78, 5) is 0. The van der Waals surface area contributed by atoms with Crippen LogP contribution < -0.4 is 0 Å². The fourth-order valence-electron chi connectivity index (χ4n) is 4.77. The molecule has 0 spiro atoms. The Bertz CT molecular complexity index is 925. The first-order valence-electron chi connectivity index (χ1n) is 11.0. The van der Waals surface area contributed by atoms with E-state index in [1.54, 1.807) is 0 Å². The van der Waals surface area contributed by atoms with E-state index in [2.05, 4.69) is 36.4 Å². The van der Waals surface area contributed by atoms with E-state index >= 15 is 0 Å². The molecule has 4 atom stereocenters. The first-order valence-corrected chi connectivity index (χ1v) is 11.0. The van der Waals surface area contributed by atoms with Crippen molar-refractivity contribution >= 4 is 0 Å². The molecule has 2 aliphatic rings. The minimum Gasteiger partial charge on any atom is -0.366 e. The van der Waals surface area contributed by atoms with Crippen molar-refractivity contribution in [3.8, 4) is 0 Å². The SMILES string of the molecule is CC1(C)O[C@@H]2[C@H](O1)[C@@H](COC(c1ccccc1)(c1ccccc1)c1ccccc1)O[C@@H]2O. The molecule has 0 bridgehead atoms. The third-order valence-corrected chi connectivity index (χ3v) is 6.13. The lowest BCUT2D eigenvalue weighted by atomic mass is 9.80. The fourth-order valence-corrected chi connectivity index (χ4v) is 4.77. The summed E-state index contributed by atoms with van der Waals surface area (Å²) in [5.41, 5.74) is 2.18. The molecule has 0 radical (unpaired) electrons. The molecule has 3 aromatic rings. The van der Waals surface area contributed by atoms with Crippen molar-refractivity contribution in [2.75, 3.05) is 6.61 Å². The third kappa shape index (κ3) is 3.76. The number of fused-ring (bicyclic) bond motifs is 1. The summed E-state index contributed by atoms with van der Waals surface area (Å²) >= 11 is 0. The van der Waals surface area contributed by atoms with E-state index in [0.29, 0.717) is 0 Å². The zero-order valence-corrected chi connectivity index (χ0v) is 18.3. The Morgan fingerprint density at radius 1 is 0.750 bits per heavy atom. The van der Waals surface area contributed by atoms with Gasteiger partial charge in [0.25, 0.3) is 0 Å². The second kappa shape index (κ2) is 8.43. The summed E-state index contributed by atoms with van der Waals surface area (Å²) in [6, 6.07) is 30.5. The molecule has 2 heterocycles. The van der Waals surface area contributed by atoms with Gasteiger partial charge in [-0.2, -0.15) is 0 Å². The number of hydrogen-bond donors (Lipinski definition) is 1. The van der Waals surface area contributed by atoms with Gasteiger partial charge >= 0.3 is 0 Å². The van der Waals surface area contributed by atoms with Crippen LogP contribution in [0.3, 0.4) is 0 Å². The summed E-state index contributed by atoms with van der Waals surface area (Å²) in [5, 5.41) is 10.4. The topological polar surface area (TPSA) is 57.2 Å². The first-order chi connectivity index (χ1) is 15.5. The van der Waals surface area contributed by atoms with Crippen molar-refractivity contribution in [2.45, 2.75) is 49.8 Å². The molecule has 0 amide bonds. The highest BCUT2D eigenvalue weighted by molar-refractivity contribution is 5.47. The summed E-state index contributed by atoms with van der Waals surface area (Å²) in [7, 11) is 0. The summed E-state index contributed by atoms with van der Waals surface area (Å²) in [5.74, 6) is -0.770. The van der Waals surface area contributed by atoms with Gasteiger partial charge in [0.15, 0.2) is 12.1 Å². The van der Waals surface area contributed by atoms with Crippen LogP contribution in [0.1, 0.15) is 30.5 Å². The van der Waals surface area contributed by atoms with Gasteiger partial charge in [-0.05, 0) is 30.5 Å². The summed E-state index contributed by atoms with van der Waals surface area (Å²) in [6.45, 7) is 3.91. The zero-order valence-electron chi connectivity index (χ0n) is 18.3. The van der Waals surface area contributed by atoms with Gasteiger partial charge in [-0.3, -0.25) is 0 Å². The van der Waals surface area contributed by atoms with Crippen LogP contribution in [-0.2, 0) is 24.5 Å². The number of rotatable bonds is 6. The molecule has 32 heavy (non-hydrogen) atoms. The molecule has 2 fully saturated rings. The monoisotopic (exact) mass is 432 g/mol. The van der Waals surface area contributed by atoms with E-state index in [1.807, 2.05) is 68.4 Å². The maximum absolute atomic E-state index is 10.4. The van der Waals surface area contributed by atoms with E-state index in [4.69, 9.17) is 18.9 Å². The van der Waals surface area contributed by atoms with Crippen LogP contribution in [0.25, 0.3) is 0 Å². The van der Waals surface area contributed by atoms with Crippen LogP contribution >= 0.6 is 0 Å². The Kier molecular flexibility index (Phi) is 5.61. The lowest BCUT2D eigenvalue weighted by Crippen LogP contribution is -2.39. The predicted octanol–water partition coefficient (Wildman–Crippen LogP) is 4.23. The van der Waals surface area contributed by atoms with Crippen LogP contribution in [0, 0.1) is 0 Å².